The molecule has 2 bridgehead atoms. The van der Waals surface area contributed by atoms with Crippen LogP contribution in [0.3, 0.4) is 0 Å². The number of aromatic amines is 1. The predicted octanol–water partition coefficient (Wildman–Crippen LogP) is 2.31. The minimum Gasteiger partial charge on any atom is -0.378 e. The predicted molar refractivity (Wildman–Crippen MR) is 107 cm³/mol. The summed E-state index contributed by atoms with van der Waals surface area (Å²) in [5.41, 5.74) is 0.528. The maximum atomic E-state index is 6.10. The van der Waals surface area contributed by atoms with E-state index in [0.29, 0.717) is 18.6 Å². The van der Waals surface area contributed by atoms with Crippen LogP contribution < -0.4 is 10.6 Å². The Kier molecular flexibility index (Phi) is 6.59. The molecule has 3 heterocycles. The normalized spacial score (nSPS) is 25.3. The Bertz CT molecular complexity index is 617. The maximum Gasteiger partial charge on any atom is 0.206 e. The molecule has 0 spiro atoms. The van der Waals surface area contributed by atoms with Gasteiger partial charge in [0.2, 0.25) is 5.72 Å². The van der Waals surface area contributed by atoms with Gasteiger partial charge in [-0.2, -0.15) is 5.10 Å². The van der Waals surface area contributed by atoms with Crippen LogP contribution in [-0.4, -0.2) is 65.5 Å². The number of morpholine rings is 1. The summed E-state index contributed by atoms with van der Waals surface area (Å²) in [7, 11) is 1.85. The van der Waals surface area contributed by atoms with E-state index in [0.717, 1.165) is 56.2 Å². The fourth-order valence-corrected chi connectivity index (χ4v) is 3.98. The number of anilines is 1. The lowest BCUT2D eigenvalue weighted by Gasteiger charge is -2.45. The number of rotatable bonds is 9. The van der Waals surface area contributed by atoms with Gasteiger partial charge in [0.05, 0.1) is 25.5 Å². The molecule has 3 unspecified atom stereocenters. The number of ether oxygens (including phenoxy) is 1. The first kappa shape index (κ1) is 19.9. The summed E-state index contributed by atoms with van der Waals surface area (Å²) >= 11 is 0. The molecule has 2 saturated heterocycles. The van der Waals surface area contributed by atoms with E-state index in [2.05, 4.69) is 50.8 Å². The van der Waals surface area contributed by atoms with Crippen molar-refractivity contribution in [2.75, 3.05) is 32.1 Å². The molecule has 1 aromatic rings. The monoisotopic (exact) mass is 378 g/mol. The van der Waals surface area contributed by atoms with Crippen molar-refractivity contribution < 1.29 is 9.57 Å². The van der Waals surface area contributed by atoms with Crippen molar-refractivity contribution in [3.05, 3.63) is 11.8 Å². The molecule has 0 aliphatic carbocycles. The summed E-state index contributed by atoms with van der Waals surface area (Å²) in [6, 6.07) is 2.84. The molecule has 3 atom stereocenters. The van der Waals surface area contributed by atoms with Crippen LogP contribution in [-0.2, 0) is 16.0 Å². The highest BCUT2D eigenvalue weighted by Crippen LogP contribution is 2.36. The van der Waals surface area contributed by atoms with Gasteiger partial charge in [0.15, 0.2) is 0 Å². The second kappa shape index (κ2) is 8.93. The number of amidine groups is 1. The summed E-state index contributed by atoms with van der Waals surface area (Å²) < 4.78 is 5.75. The molecule has 1 aromatic heterocycles. The summed E-state index contributed by atoms with van der Waals surface area (Å²) in [5, 5.41) is 18.3. The molecule has 2 aliphatic rings. The highest BCUT2D eigenvalue weighted by molar-refractivity contribution is 5.78. The lowest BCUT2D eigenvalue weighted by molar-refractivity contribution is -0.186. The minimum absolute atomic E-state index is 0.377. The SMILES string of the molecule is CCCCc1cc(NCC(C)(O/N=C(/C)NC)N2C3CCC2COC3)[nH]n1. The van der Waals surface area contributed by atoms with E-state index in [1.165, 1.54) is 6.42 Å². The second-order valence-electron chi connectivity index (χ2n) is 7.75. The number of fused-ring (bicyclic) bond motifs is 2. The standard InChI is InChI=1S/C19H34N6O2/c1-5-6-7-15-10-18(23-22-15)21-13-19(3,27-24-14(2)20-4)25-16-8-9-17(25)12-26-11-16/h10,16-17H,5-9,11-13H2,1-4H3,(H,20,24)(H2,21,22,23). The Balaban J connectivity index is 1.71. The molecule has 27 heavy (non-hydrogen) atoms. The maximum absolute atomic E-state index is 6.10. The Hall–Kier alpha value is -1.80. The Labute approximate surface area is 162 Å². The summed E-state index contributed by atoms with van der Waals surface area (Å²) in [5.74, 6) is 1.68. The molecule has 2 aliphatic heterocycles. The largest absolute Gasteiger partial charge is 0.378 e. The number of nitrogens with zero attached hydrogens (tertiary/aromatic N) is 3. The first-order valence-corrected chi connectivity index (χ1v) is 10.1. The minimum atomic E-state index is -0.567. The van der Waals surface area contributed by atoms with E-state index in [1.54, 1.807) is 0 Å². The van der Waals surface area contributed by atoms with Gasteiger partial charge in [0.1, 0.15) is 11.7 Å². The van der Waals surface area contributed by atoms with Crippen molar-refractivity contribution in [2.45, 2.75) is 70.7 Å². The van der Waals surface area contributed by atoms with Crippen molar-refractivity contribution in [1.29, 1.82) is 0 Å². The van der Waals surface area contributed by atoms with Crippen molar-refractivity contribution in [3.8, 4) is 0 Å². The van der Waals surface area contributed by atoms with Gasteiger partial charge in [-0.1, -0.05) is 18.5 Å². The van der Waals surface area contributed by atoms with E-state index in [9.17, 15) is 0 Å². The van der Waals surface area contributed by atoms with Crippen molar-refractivity contribution >= 4 is 11.7 Å². The number of aromatic nitrogens is 2. The van der Waals surface area contributed by atoms with Crippen LogP contribution in [0, 0.1) is 0 Å². The molecular weight excluding hydrogens is 344 g/mol. The zero-order valence-corrected chi connectivity index (χ0v) is 17.0. The van der Waals surface area contributed by atoms with Gasteiger partial charge in [-0.3, -0.25) is 10.00 Å². The van der Waals surface area contributed by atoms with Gasteiger partial charge in [0.25, 0.3) is 0 Å². The van der Waals surface area contributed by atoms with Gasteiger partial charge in [-0.25, -0.2) is 0 Å². The first-order valence-electron chi connectivity index (χ1n) is 10.1. The number of nitrogens with one attached hydrogen (secondary N) is 3. The van der Waals surface area contributed by atoms with E-state index in [-0.39, 0.29) is 0 Å². The molecule has 152 valence electrons. The number of unbranched alkanes of at least 4 members (excludes halogenated alkanes) is 1. The molecule has 8 nitrogen and oxygen atoms in total. The number of oxime groups is 1. The van der Waals surface area contributed by atoms with Gasteiger partial charge in [-0.15, -0.1) is 0 Å². The third-order valence-electron chi connectivity index (χ3n) is 5.55. The molecule has 0 radical (unpaired) electrons. The Morgan fingerprint density at radius 3 is 2.85 bits per heavy atom. The Morgan fingerprint density at radius 1 is 1.44 bits per heavy atom. The average Bonchev–Trinajstić information content (AvgIpc) is 3.25. The van der Waals surface area contributed by atoms with Crippen molar-refractivity contribution in [2.24, 2.45) is 5.16 Å². The van der Waals surface area contributed by atoms with E-state index >= 15 is 0 Å². The molecule has 0 aromatic carbocycles. The first-order chi connectivity index (χ1) is 13.1. The lowest BCUT2D eigenvalue weighted by atomic mass is 10.1. The highest BCUT2D eigenvalue weighted by Gasteiger charge is 2.49. The lowest BCUT2D eigenvalue weighted by Crippen LogP contribution is -2.61. The number of hydrogen-bond donors (Lipinski definition) is 3. The van der Waals surface area contributed by atoms with Gasteiger partial charge >= 0.3 is 0 Å². The van der Waals surface area contributed by atoms with E-state index < -0.39 is 5.72 Å². The topological polar surface area (TPSA) is 86.8 Å². The van der Waals surface area contributed by atoms with Crippen LogP contribution in [0.4, 0.5) is 5.82 Å². The zero-order chi connectivity index (χ0) is 19.3. The Morgan fingerprint density at radius 2 is 2.19 bits per heavy atom. The molecule has 3 N–H and O–H groups in total. The van der Waals surface area contributed by atoms with Crippen LogP contribution in [0.1, 0.15) is 52.1 Å². The van der Waals surface area contributed by atoms with Crippen LogP contribution in [0.25, 0.3) is 0 Å². The van der Waals surface area contributed by atoms with E-state index in [1.807, 2.05) is 14.0 Å². The summed E-state index contributed by atoms with van der Waals surface area (Å²) in [4.78, 5) is 8.54. The van der Waals surface area contributed by atoms with Crippen molar-refractivity contribution in [1.82, 2.24) is 20.4 Å². The van der Waals surface area contributed by atoms with Gasteiger partial charge < -0.3 is 20.2 Å². The summed E-state index contributed by atoms with van der Waals surface area (Å²) in [6.45, 7) is 8.33. The van der Waals surface area contributed by atoms with Crippen LogP contribution >= 0.6 is 0 Å². The highest BCUT2D eigenvalue weighted by atomic mass is 16.7. The van der Waals surface area contributed by atoms with Gasteiger partial charge in [-0.05, 0) is 39.5 Å². The number of aryl methyl sites for hydroxylation is 1. The molecule has 0 amide bonds. The molecule has 8 heteroatoms. The number of hydrogen-bond acceptors (Lipinski definition) is 6. The molecule has 3 rings (SSSR count). The van der Waals surface area contributed by atoms with Crippen LogP contribution in [0.15, 0.2) is 11.2 Å². The second-order valence-corrected chi connectivity index (χ2v) is 7.75. The smallest absolute Gasteiger partial charge is 0.206 e. The fourth-order valence-electron chi connectivity index (χ4n) is 3.98. The molecule has 2 fully saturated rings. The molecular formula is C19H34N6O2. The zero-order valence-electron chi connectivity index (χ0n) is 17.0. The number of H-pyrrole nitrogens is 1. The van der Waals surface area contributed by atoms with Crippen LogP contribution in [0.2, 0.25) is 0 Å². The third-order valence-corrected chi connectivity index (χ3v) is 5.55. The van der Waals surface area contributed by atoms with Crippen LogP contribution in [0.5, 0.6) is 0 Å². The summed E-state index contributed by atoms with van der Waals surface area (Å²) in [6.07, 6.45) is 5.61. The fraction of sp³-hybridized carbons (Fsp3) is 0.789. The quantitative estimate of drug-likeness (QED) is 0.347. The molecule has 0 saturated carbocycles. The van der Waals surface area contributed by atoms with Crippen molar-refractivity contribution in [3.63, 3.8) is 0 Å². The van der Waals surface area contributed by atoms with E-state index in [4.69, 9.17) is 9.57 Å². The average molecular weight is 379 g/mol. The van der Waals surface area contributed by atoms with Gasteiger partial charge in [0, 0.05) is 25.2 Å². The third kappa shape index (κ3) is 4.73.